The lowest BCUT2D eigenvalue weighted by atomic mass is 9.95. The molecule has 0 spiro atoms. The van der Waals surface area contributed by atoms with E-state index in [9.17, 15) is 4.79 Å². The summed E-state index contributed by atoms with van der Waals surface area (Å²) >= 11 is 0. The summed E-state index contributed by atoms with van der Waals surface area (Å²) in [4.78, 5) is 12.7. The molecule has 0 saturated heterocycles. The fraction of sp³-hybridized carbons (Fsp3) is 0.476. The van der Waals surface area contributed by atoms with Crippen molar-refractivity contribution in [2.75, 3.05) is 0 Å². The minimum absolute atomic E-state index is 0.0444. The van der Waals surface area contributed by atoms with Gasteiger partial charge in [-0.05, 0) is 49.0 Å². The molecule has 2 bridgehead atoms. The fourth-order valence-corrected chi connectivity index (χ4v) is 4.47. The highest BCUT2D eigenvalue weighted by Crippen LogP contribution is 2.44. The van der Waals surface area contributed by atoms with Gasteiger partial charge in [0.15, 0.2) is 6.10 Å². The number of ether oxygens (including phenoxy) is 1. The van der Waals surface area contributed by atoms with Crippen molar-refractivity contribution >= 4 is 16.7 Å². The van der Waals surface area contributed by atoms with Gasteiger partial charge in [-0.3, -0.25) is 4.79 Å². The van der Waals surface area contributed by atoms with Crippen LogP contribution in [-0.4, -0.2) is 18.1 Å². The smallest absolute Gasteiger partial charge is 0.261 e. The predicted molar refractivity (Wildman–Crippen MR) is 96.0 cm³/mol. The van der Waals surface area contributed by atoms with Gasteiger partial charge in [0.05, 0.1) is 0 Å². The number of hydrogen-bond acceptors (Lipinski definition) is 2. The van der Waals surface area contributed by atoms with E-state index < -0.39 is 6.10 Å². The predicted octanol–water partition coefficient (Wildman–Crippen LogP) is 4.30. The standard InChI is InChI=1S/C21H25NO2/c1-2-19(21(23)22-18-13-14-10-11-16(18)12-14)24-20-9-5-7-15-6-3-4-8-17(15)20/h3-9,14,16,18-19H,2,10-13H2,1H3,(H,22,23). The van der Waals surface area contributed by atoms with Gasteiger partial charge in [-0.25, -0.2) is 0 Å². The monoisotopic (exact) mass is 323 g/mol. The summed E-state index contributed by atoms with van der Waals surface area (Å²) in [6.45, 7) is 2.01. The summed E-state index contributed by atoms with van der Waals surface area (Å²) < 4.78 is 6.12. The number of carbonyl (C=O) groups excluding carboxylic acids is 1. The molecule has 4 unspecified atom stereocenters. The Labute approximate surface area is 143 Å². The lowest BCUT2D eigenvalue weighted by Crippen LogP contribution is -2.45. The highest BCUT2D eigenvalue weighted by Gasteiger charge is 2.40. The van der Waals surface area contributed by atoms with Crippen LogP contribution in [0.2, 0.25) is 0 Å². The van der Waals surface area contributed by atoms with E-state index in [-0.39, 0.29) is 5.91 Å². The Balaban J connectivity index is 1.48. The van der Waals surface area contributed by atoms with E-state index in [1.165, 1.54) is 19.3 Å². The molecule has 0 aromatic heterocycles. The molecule has 0 aliphatic heterocycles. The Hall–Kier alpha value is -2.03. The lowest BCUT2D eigenvalue weighted by molar-refractivity contribution is -0.129. The third-order valence-electron chi connectivity index (χ3n) is 5.75. The van der Waals surface area contributed by atoms with Crippen LogP contribution in [0, 0.1) is 11.8 Å². The van der Waals surface area contributed by atoms with Gasteiger partial charge in [-0.15, -0.1) is 0 Å². The summed E-state index contributed by atoms with van der Waals surface area (Å²) in [6, 6.07) is 14.5. The molecule has 0 heterocycles. The number of hydrogen-bond donors (Lipinski definition) is 1. The first-order chi connectivity index (χ1) is 11.7. The Morgan fingerprint density at radius 1 is 1.17 bits per heavy atom. The molecule has 4 rings (SSSR count). The molecule has 3 heteroatoms. The molecule has 1 N–H and O–H groups in total. The highest BCUT2D eigenvalue weighted by molar-refractivity contribution is 5.89. The maximum Gasteiger partial charge on any atom is 0.261 e. The topological polar surface area (TPSA) is 38.3 Å². The maximum absolute atomic E-state index is 12.7. The molecule has 1 amide bonds. The molecule has 2 aromatic rings. The number of nitrogens with one attached hydrogen (secondary N) is 1. The zero-order valence-electron chi connectivity index (χ0n) is 14.2. The highest BCUT2D eigenvalue weighted by atomic mass is 16.5. The van der Waals surface area contributed by atoms with Gasteiger partial charge in [-0.1, -0.05) is 49.7 Å². The van der Waals surface area contributed by atoms with Crippen LogP contribution in [0.3, 0.4) is 0 Å². The molecule has 2 fully saturated rings. The molecule has 2 aliphatic carbocycles. The fourth-order valence-electron chi connectivity index (χ4n) is 4.47. The summed E-state index contributed by atoms with van der Waals surface area (Å²) in [5.41, 5.74) is 0. The van der Waals surface area contributed by atoms with Gasteiger partial charge in [0.2, 0.25) is 0 Å². The van der Waals surface area contributed by atoms with Crippen LogP contribution in [0.4, 0.5) is 0 Å². The summed E-state index contributed by atoms with van der Waals surface area (Å²) in [6.07, 6.45) is 5.33. The zero-order chi connectivity index (χ0) is 16.5. The summed E-state index contributed by atoms with van der Waals surface area (Å²) in [5.74, 6) is 2.36. The van der Waals surface area contributed by atoms with Crippen molar-refractivity contribution in [1.82, 2.24) is 5.32 Å². The van der Waals surface area contributed by atoms with Crippen molar-refractivity contribution in [3.8, 4) is 5.75 Å². The van der Waals surface area contributed by atoms with E-state index in [0.717, 1.165) is 28.9 Å². The molecule has 4 atom stereocenters. The molecule has 0 radical (unpaired) electrons. The van der Waals surface area contributed by atoms with Crippen LogP contribution in [-0.2, 0) is 4.79 Å². The van der Waals surface area contributed by atoms with Crippen molar-refractivity contribution in [3.63, 3.8) is 0 Å². The third-order valence-corrected chi connectivity index (χ3v) is 5.75. The second-order valence-electron chi connectivity index (χ2n) is 7.28. The van der Waals surface area contributed by atoms with Crippen molar-refractivity contribution in [1.29, 1.82) is 0 Å². The van der Waals surface area contributed by atoms with E-state index in [0.29, 0.717) is 18.4 Å². The number of amides is 1. The third kappa shape index (κ3) is 2.88. The zero-order valence-corrected chi connectivity index (χ0v) is 14.2. The van der Waals surface area contributed by atoms with Crippen molar-refractivity contribution in [2.45, 2.75) is 51.2 Å². The van der Waals surface area contributed by atoms with E-state index >= 15 is 0 Å². The quantitative estimate of drug-likeness (QED) is 0.891. The van der Waals surface area contributed by atoms with Crippen LogP contribution in [0.15, 0.2) is 42.5 Å². The lowest BCUT2D eigenvalue weighted by Gasteiger charge is -2.26. The molecule has 126 valence electrons. The van der Waals surface area contributed by atoms with Gasteiger partial charge < -0.3 is 10.1 Å². The molecular formula is C21H25NO2. The second kappa shape index (κ2) is 6.46. The number of rotatable bonds is 5. The first-order valence-corrected chi connectivity index (χ1v) is 9.19. The Morgan fingerprint density at radius 3 is 2.75 bits per heavy atom. The summed E-state index contributed by atoms with van der Waals surface area (Å²) in [7, 11) is 0. The van der Waals surface area contributed by atoms with E-state index in [1.54, 1.807) is 0 Å². The van der Waals surface area contributed by atoms with Crippen molar-refractivity contribution < 1.29 is 9.53 Å². The molecule has 2 saturated carbocycles. The van der Waals surface area contributed by atoms with Crippen LogP contribution < -0.4 is 10.1 Å². The minimum Gasteiger partial charge on any atom is -0.480 e. The van der Waals surface area contributed by atoms with Crippen LogP contribution in [0.5, 0.6) is 5.75 Å². The minimum atomic E-state index is -0.421. The van der Waals surface area contributed by atoms with Crippen LogP contribution in [0.1, 0.15) is 39.0 Å². The average Bonchev–Trinajstić information content (AvgIpc) is 3.22. The Bertz CT molecular complexity index is 736. The van der Waals surface area contributed by atoms with E-state index in [2.05, 4.69) is 17.4 Å². The number of fused-ring (bicyclic) bond motifs is 3. The van der Waals surface area contributed by atoms with Crippen molar-refractivity contribution in [2.24, 2.45) is 11.8 Å². The Morgan fingerprint density at radius 2 is 2.00 bits per heavy atom. The number of carbonyl (C=O) groups is 1. The van der Waals surface area contributed by atoms with Gasteiger partial charge in [0.25, 0.3) is 5.91 Å². The molecule has 2 aliphatic rings. The first kappa shape index (κ1) is 15.5. The van der Waals surface area contributed by atoms with Gasteiger partial charge in [0, 0.05) is 11.4 Å². The average molecular weight is 323 g/mol. The number of benzene rings is 2. The maximum atomic E-state index is 12.7. The van der Waals surface area contributed by atoms with Gasteiger partial charge in [-0.2, -0.15) is 0 Å². The van der Waals surface area contributed by atoms with E-state index in [4.69, 9.17) is 4.74 Å². The molecule has 2 aromatic carbocycles. The first-order valence-electron chi connectivity index (χ1n) is 9.19. The second-order valence-corrected chi connectivity index (χ2v) is 7.28. The normalized spacial score (nSPS) is 26.5. The largest absolute Gasteiger partial charge is 0.480 e. The van der Waals surface area contributed by atoms with E-state index in [1.807, 2.05) is 37.3 Å². The van der Waals surface area contributed by atoms with Gasteiger partial charge >= 0.3 is 0 Å². The molecule has 3 nitrogen and oxygen atoms in total. The van der Waals surface area contributed by atoms with Crippen LogP contribution >= 0.6 is 0 Å². The molecule has 24 heavy (non-hydrogen) atoms. The Kier molecular flexibility index (Phi) is 4.17. The van der Waals surface area contributed by atoms with Crippen LogP contribution in [0.25, 0.3) is 10.8 Å². The van der Waals surface area contributed by atoms with Gasteiger partial charge in [0.1, 0.15) is 5.75 Å². The SMILES string of the molecule is CCC(Oc1cccc2ccccc12)C(=O)NC1CC2CCC1C2. The van der Waals surface area contributed by atoms with Crippen molar-refractivity contribution in [3.05, 3.63) is 42.5 Å². The molecular weight excluding hydrogens is 298 g/mol. The summed E-state index contributed by atoms with van der Waals surface area (Å²) in [5, 5.41) is 5.46.